The van der Waals surface area contributed by atoms with Gasteiger partial charge in [0.25, 0.3) is 0 Å². The molecule has 1 saturated carbocycles. The third-order valence-corrected chi connectivity index (χ3v) is 8.83. The van der Waals surface area contributed by atoms with Gasteiger partial charge in [-0.05, 0) is 31.9 Å². The molecule has 0 aromatic carbocycles. The van der Waals surface area contributed by atoms with Crippen LogP contribution in [-0.2, 0) is 15.6 Å². The second-order valence-electron chi connectivity index (χ2n) is 8.38. The van der Waals surface area contributed by atoms with Crippen LogP contribution in [0.1, 0.15) is 62.3 Å². The van der Waals surface area contributed by atoms with E-state index in [-0.39, 0.29) is 35.2 Å². The maximum atomic E-state index is 13.5. The SMILES string of the molecule is COc1ncnc(OC)c1-n1c(CS(=O)(=O)[C@@H](C)[C@H](C)c2ccc(Cl)cn2)nnc1C1CCC1. The van der Waals surface area contributed by atoms with Crippen molar-refractivity contribution in [1.29, 1.82) is 0 Å². The summed E-state index contributed by atoms with van der Waals surface area (Å²) in [6.45, 7) is 3.51. The van der Waals surface area contributed by atoms with Gasteiger partial charge >= 0.3 is 0 Å². The van der Waals surface area contributed by atoms with Crippen LogP contribution in [0.15, 0.2) is 24.7 Å². The van der Waals surface area contributed by atoms with Crippen molar-refractivity contribution in [2.45, 2.75) is 55.9 Å². The Morgan fingerprint density at radius 1 is 1.09 bits per heavy atom. The number of nitrogens with zero attached hydrogens (tertiary/aromatic N) is 6. The van der Waals surface area contributed by atoms with Crippen molar-refractivity contribution >= 4 is 21.4 Å². The van der Waals surface area contributed by atoms with E-state index in [1.165, 1.54) is 26.7 Å². The third-order valence-electron chi connectivity index (χ3n) is 6.41. The lowest BCUT2D eigenvalue weighted by Gasteiger charge is -2.26. The Bertz CT molecular complexity index is 1240. The van der Waals surface area contributed by atoms with Gasteiger partial charge in [0, 0.05) is 23.7 Å². The molecule has 0 N–H and O–H groups in total. The van der Waals surface area contributed by atoms with Crippen LogP contribution in [0.5, 0.6) is 11.8 Å². The molecule has 3 heterocycles. The highest BCUT2D eigenvalue weighted by molar-refractivity contribution is 7.91. The quantitative estimate of drug-likeness (QED) is 0.429. The molecular weight excluding hydrogens is 480 g/mol. The maximum absolute atomic E-state index is 13.5. The summed E-state index contributed by atoms with van der Waals surface area (Å²) in [5.41, 5.74) is 1.04. The molecule has 34 heavy (non-hydrogen) atoms. The van der Waals surface area contributed by atoms with E-state index in [4.69, 9.17) is 21.1 Å². The largest absolute Gasteiger partial charge is 0.479 e. The van der Waals surface area contributed by atoms with Crippen molar-refractivity contribution in [3.8, 4) is 17.4 Å². The summed E-state index contributed by atoms with van der Waals surface area (Å²) >= 11 is 5.93. The van der Waals surface area contributed by atoms with Gasteiger partial charge in [-0.3, -0.25) is 9.55 Å². The number of ether oxygens (including phenoxy) is 2. The highest BCUT2D eigenvalue weighted by Gasteiger charge is 2.35. The molecule has 0 radical (unpaired) electrons. The first-order valence-electron chi connectivity index (χ1n) is 11.0. The van der Waals surface area contributed by atoms with Gasteiger partial charge in [0.05, 0.1) is 24.5 Å². The van der Waals surface area contributed by atoms with Gasteiger partial charge in [0.1, 0.15) is 17.9 Å². The molecule has 3 aromatic rings. The van der Waals surface area contributed by atoms with Gasteiger partial charge < -0.3 is 9.47 Å². The summed E-state index contributed by atoms with van der Waals surface area (Å²) in [5.74, 6) is 0.893. The molecule has 4 rings (SSSR count). The summed E-state index contributed by atoms with van der Waals surface area (Å²) in [7, 11) is -0.692. The minimum absolute atomic E-state index is 0.160. The Kier molecular flexibility index (Phi) is 7.04. The Labute approximate surface area is 203 Å². The van der Waals surface area contributed by atoms with E-state index >= 15 is 0 Å². The van der Waals surface area contributed by atoms with Crippen LogP contribution < -0.4 is 9.47 Å². The predicted octanol–water partition coefficient (Wildman–Crippen LogP) is 3.50. The number of halogens is 1. The molecule has 0 amide bonds. The first-order valence-corrected chi connectivity index (χ1v) is 13.1. The zero-order valence-corrected chi connectivity index (χ0v) is 21.0. The minimum atomic E-state index is -3.66. The van der Waals surface area contributed by atoms with E-state index in [1.807, 2.05) is 6.92 Å². The number of hydrogen-bond donors (Lipinski definition) is 0. The summed E-state index contributed by atoms with van der Waals surface area (Å²) in [4.78, 5) is 12.7. The van der Waals surface area contributed by atoms with E-state index in [2.05, 4.69) is 25.1 Å². The number of sulfone groups is 1. The van der Waals surface area contributed by atoms with E-state index in [0.717, 1.165) is 19.3 Å². The van der Waals surface area contributed by atoms with Gasteiger partial charge in [-0.15, -0.1) is 10.2 Å². The van der Waals surface area contributed by atoms with Crippen LogP contribution in [0, 0.1) is 0 Å². The number of methoxy groups -OCH3 is 2. The summed E-state index contributed by atoms with van der Waals surface area (Å²) in [5, 5.41) is 8.44. The van der Waals surface area contributed by atoms with Crippen molar-refractivity contribution < 1.29 is 17.9 Å². The second kappa shape index (κ2) is 9.83. The fourth-order valence-corrected chi connectivity index (χ4v) is 5.64. The van der Waals surface area contributed by atoms with Crippen LogP contribution >= 0.6 is 11.6 Å². The Hall–Kier alpha value is -2.79. The molecule has 182 valence electrons. The Morgan fingerprint density at radius 2 is 1.76 bits per heavy atom. The van der Waals surface area contributed by atoms with Gasteiger partial charge in [-0.25, -0.2) is 8.42 Å². The van der Waals surface area contributed by atoms with Crippen molar-refractivity contribution in [3.05, 3.63) is 47.0 Å². The Balaban J connectivity index is 1.74. The summed E-state index contributed by atoms with van der Waals surface area (Å²) in [6.07, 6.45) is 5.81. The van der Waals surface area contributed by atoms with Crippen LogP contribution in [0.4, 0.5) is 0 Å². The number of aromatic nitrogens is 6. The molecule has 0 unspecified atom stereocenters. The Morgan fingerprint density at radius 3 is 2.29 bits per heavy atom. The lowest BCUT2D eigenvalue weighted by atomic mass is 9.85. The van der Waals surface area contributed by atoms with Crippen LogP contribution in [0.3, 0.4) is 0 Å². The number of hydrogen-bond acceptors (Lipinski definition) is 9. The first-order chi connectivity index (χ1) is 16.3. The van der Waals surface area contributed by atoms with Crippen LogP contribution in [0.25, 0.3) is 5.69 Å². The lowest BCUT2D eigenvalue weighted by molar-refractivity contribution is 0.361. The van der Waals surface area contributed by atoms with E-state index < -0.39 is 15.1 Å². The normalized spacial score (nSPS) is 16.0. The highest BCUT2D eigenvalue weighted by atomic mass is 35.5. The zero-order valence-electron chi connectivity index (χ0n) is 19.5. The molecule has 1 aliphatic rings. The fraction of sp³-hybridized carbons (Fsp3) is 0.500. The fourth-order valence-electron chi connectivity index (χ4n) is 3.96. The highest BCUT2D eigenvalue weighted by Crippen LogP contribution is 2.40. The van der Waals surface area contributed by atoms with E-state index in [9.17, 15) is 8.42 Å². The van der Waals surface area contributed by atoms with Crippen LogP contribution in [-0.4, -0.2) is 57.6 Å². The van der Waals surface area contributed by atoms with Gasteiger partial charge in [-0.2, -0.15) is 9.97 Å². The van der Waals surface area contributed by atoms with E-state index in [1.54, 1.807) is 23.6 Å². The third kappa shape index (κ3) is 4.58. The zero-order chi connectivity index (χ0) is 24.5. The van der Waals surface area contributed by atoms with Crippen molar-refractivity contribution in [3.63, 3.8) is 0 Å². The topological polar surface area (TPSA) is 122 Å². The monoisotopic (exact) mass is 506 g/mol. The van der Waals surface area contributed by atoms with Crippen molar-refractivity contribution in [2.75, 3.05) is 14.2 Å². The summed E-state index contributed by atoms with van der Waals surface area (Å²) in [6, 6.07) is 3.45. The molecule has 0 saturated heterocycles. The molecule has 0 spiro atoms. The van der Waals surface area contributed by atoms with Gasteiger partial charge in [0.15, 0.2) is 21.3 Å². The average Bonchev–Trinajstić information content (AvgIpc) is 3.18. The molecular formula is C22H27ClN6O4S. The van der Waals surface area contributed by atoms with Gasteiger partial charge in [0.2, 0.25) is 11.8 Å². The predicted molar refractivity (Wildman–Crippen MR) is 126 cm³/mol. The molecule has 3 aromatic heterocycles. The minimum Gasteiger partial charge on any atom is -0.479 e. The first kappa shape index (κ1) is 24.3. The molecule has 0 bridgehead atoms. The second-order valence-corrected chi connectivity index (χ2v) is 11.2. The standard InChI is InChI=1S/C22H27ClN6O4S/c1-13(17-9-8-16(23)10-24-17)14(2)34(30,31)11-18-27-28-20(15-6-5-7-15)29(18)19-21(32-3)25-12-26-22(19)33-4/h8-10,12-15H,5-7,11H2,1-4H3/t13-,14-/m0/s1. The smallest absolute Gasteiger partial charge is 0.245 e. The molecule has 1 fully saturated rings. The van der Waals surface area contributed by atoms with E-state index in [0.29, 0.717) is 22.2 Å². The molecule has 12 heteroatoms. The number of pyridine rings is 1. The van der Waals surface area contributed by atoms with Crippen molar-refractivity contribution in [2.24, 2.45) is 0 Å². The number of rotatable bonds is 9. The van der Waals surface area contributed by atoms with Gasteiger partial charge in [-0.1, -0.05) is 24.9 Å². The lowest BCUT2D eigenvalue weighted by Crippen LogP contribution is -2.27. The average molecular weight is 507 g/mol. The van der Waals surface area contributed by atoms with Crippen LogP contribution in [0.2, 0.25) is 5.02 Å². The molecule has 0 aliphatic heterocycles. The maximum Gasteiger partial charge on any atom is 0.245 e. The summed E-state index contributed by atoms with van der Waals surface area (Å²) < 4.78 is 39.6. The molecule has 1 aliphatic carbocycles. The molecule has 10 nitrogen and oxygen atoms in total. The van der Waals surface area contributed by atoms with Crippen molar-refractivity contribution in [1.82, 2.24) is 29.7 Å². The molecule has 2 atom stereocenters.